The van der Waals surface area contributed by atoms with Crippen LogP contribution in [0.3, 0.4) is 0 Å². The van der Waals surface area contributed by atoms with Gasteiger partial charge in [-0.15, -0.1) is 12.4 Å². The third-order valence-electron chi connectivity index (χ3n) is 5.70. The second-order valence-corrected chi connectivity index (χ2v) is 7.92. The second kappa shape index (κ2) is 9.97. The van der Waals surface area contributed by atoms with Crippen molar-refractivity contribution >= 4 is 47.1 Å². The van der Waals surface area contributed by atoms with E-state index in [1.54, 1.807) is 24.2 Å². The predicted molar refractivity (Wildman–Crippen MR) is 127 cm³/mol. The second-order valence-electron chi connectivity index (χ2n) is 7.92. The van der Waals surface area contributed by atoms with Crippen LogP contribution in [0.1, 0.15) is 28.9 Å². The molecule has 4 rings (SSSR count). The van der Waals surface area contributed by atoms with Crippen molar-refractivity contribution in [2.45, 2.75) is 26.3 Å². The Balaban J connectivity index is 0.00000289. The molecule has 0 radical (unpaired) electrons. The molecule has 1 aliphatic heterocycles. The van der Waals surface area contributed by atoms with Crippen LogP contribution in [0.2, 0.25) is 0 Å². The molecule has 1 unspecified atom stereocenters. The smallest absolute Gasteiger partial charge is 0.246 e. The topological polar surface area (TPSA) is 101 Å². The number of fused-ring (bicyclic) bond motifs is 2. The number of nitrogens with zero attached hydrogens (tertiary/aromatic N) is 2. The average Bonchev–Trinajstić information content (AvgIpc) is 3.08. The van der Waals surface area contributed by atoms with E-state index in [2.05, 4.69) is 10.3 Å². The van der Waals surface area contributed by atoms with Crippen molar-refractivity contribution in [3.8, 4) is 0 Å². The van der Waals surface area contributed by atoms with Gasteiger partial charge >= 0.3 is 0 Å². The fourth-order valence-electron chi connectivity index (χ4n) is 3.86. The highest BCUT2D eigenvalue weighted by molar-refractivity contribution is 5.95. The number of hydrogen-bond donors (Lipinski definition) is 2. The van der Waals surface area contributed by atoms with Gasteiger partial charge < -0.3 is 20.4 Å². The van der Waals surface area contributed by atoms with Gasteiger partial charge in [0.25, 0.3) is 0 Å². The number of halogens is 1. The number of aryl methyl sites for hydroxylation is 1. The number of amides is 2. The number of furan rings is 1. The summed E-state index contributed by atoms with van der Waals surface area (Å²) in [6.07, 6.45) is 6.16. The van der Waals surface area contributed by atoms with E-state index < -0.39 is 0 Å². The van der Waals surface area contributed by atoms with Crippen molar-refractivity contribution < 1.29 is 14.0 Å². The lowest BCUT2D eigenvalue weighted by Gasteiger charge is -2.23. The lowest BCUT2D eigenvalue weighted by Crippen LogP contribution is -2.32. The van der Waals surface area contributed by atoms with Crippen LogP contribution < -0.4 is 11.1 Å². The highest BCUT2D eigenvalue weighted by atomic mass is 35.5. The molecule has 3 aromatic rings. The lowest BCUT2D eigenvalue weighted by atomic mass is 9.92. The Kier molecular flexibility index (Phi) is 7.33. The Morgan fingerprint density at radius 1 is 1.38 bits per heavy atom. The Bertz CT molecular complexity index is 1170. The van der Waals surface area contributed by atoms with Crippen molar-refractivity contribution in [3.05, 3.63) is 65.1 Å². The van der Waals surface area contributed by atoms with E-state index in [-0.39, 0.29) is 30.1 Å². The summed E-state index contributed by atoms with van der Waals surface area (Å²) in [6, 6.07) is 9.81. The lowest BCUT2D eigenvalue weighted by molar-refractivity contribution is -0.125. The summed E-state index contributed by atoms with van der Waals surface area (Å²) in [5.41, 5.74) is 9.25. The van der Waals surface area contributed by atoms with E-state index in [0.717, 1.165) is 33.4 Å². The number of carbonyl (C=O) groups excluding carboxylic acids is 2. The fraction of sp³-hybridized carbons (Fsp3) is 0.292. The summed E-state index contributed by atoms with van der Waals surface area (Å²) in [5, 5.41) is 3.90. The summed E-state index contributed by atoms with van der Waals surface area (Å²) >= 11 is 0. The number of anilines is 1. The molecule has 1 aliphatic rings. The summed E-state index contributed by atoms with van der Waals surface area (Å²) in [7, 11) is 1.75. The molecular weight excluding hydrogens is 428 g/mol. The fourth-order valence-corrected chi connectivity index (χ4v) is 3.86. The number of likely N-dealkylation sites (N-methyl/N-ethyl adjacent to an activating group) is 1. The van der Waals surface area contributed by atoms with Crippen LogP contribution in [-0.4, -0.2) is 35.3 Å². The van der Waals surface area contributed by atoms with Gasteiger partial charge in [-0.2, -0.15) is 0 Å². The Hall–Kier alpha value is -3.16. The average molecular weight is 455 g/mol. The van der Waals surface area contributed by atoms with Gasteiger partial charge in [0.05, 0.1) is 6.54 Å². The van der Waals surface area contributed by atoms with Crippen LogP contribution in [0.4, 0.5) is 5.82 Å². The maximum Gasteiger partial charge on any atom is 0.246 e. The third kappa shape index (κ3) is 4.84. The minimum absolute atomic E-state index is 0. The molecule has 0 spiro atoms. The maximum atomic E-state index is 12.6. The molecule has 3 N–H and O–H groups in total. The van der Waals surface area contributed by atoms with E-state index >= 15 is 0 Å². The van der Waals surface area contributed by atoms with E-state index in [4.69, 9.17) is 10.2 Å². The molecule has 7 nitrogen and oxygen atoms in total. The highest BCUT2D eigenvalue weighted by Crippen LogP contribution is 2.27. The minimum atomic E-state index is -0.140. The van der Waals surface area contributed by atoms with Gasteiger partial charge in [-0.25, -0.2) is 4.98 Å². The van der Waals surface area contributed by atoms with E-state index in [9.17, 15) is 9.59 Å². The van der Waals surface area contributed by atoms with E-state index in [0.29, 0.717) is 31.7 Å². The molecule has 2 amide bonds. The minimum Gasteiger partial charge on any atom is -0.459 e. The summed E-state index contributed by atoms with van der Waals surface area (Å²) in [5.74, 6) is 1.05. The van der Waals surface area contributed by atoms with E-state index in [1.807, 2.05) is 37.3 Å². The van der Waals surface area contributed by atoms with Gasteiger partial charge in [0.2, 0.25) is 11.8 Å². The number of nitrogens with one attached hydrogen (secondary N) is 1. The zero-order chi connectivity index (χ0) is 22.0. The Morgan fingerprint density at radius 3 is 2.91 bits per heavy atom. The van der Waals surface area contributed by atoms with Crippen LogP contribution in [-0.2, 0) is 22.6 Å². The van der Waals surface area contributed by atoms with Crippen molar-refractivity contribution in [3.63, 3.8) is 0 Å². The maximum absolute atomic E-state index is 12.6. The van der Waals surface area contributed by atoms with Crippen molar-refractivity contribution in [2.24, 2.45) is 11.7 Å². The molecule has 0 aliphatic carbocycles. The molecule has 32 heavy (non-hydrogen) atoms. The quantitative estimate of drug-likeness (QED) is 0.553. The Labute approximate surface area is 193 Å². The number of hydrogen-bond acceptors (Lipinski definition) is 5. The monoisotopic (exact) mass is 454 g/mol. The molecule has 0 fully saturated rings. The highest BCUT2D eigenvalue weighted by Gasteiger charge is 2.26. The van der Waals surface area contributed by atoms with Gasteiger partial charge in [-0.05, 0) is 55.6 Å². The zero-order valence-electron chi connectivity index (χ0n) is 18.1. The zero-order valence-corrected chi connectivity index (χ0v) is 18.9. The molecule has 0 saturated carbocycles. The standard InChI is InChI=1S/C24H26N4O3.ClH/c1-15-19-5-3-4-6-20(19)31-21(15)14-28(2)22(29)8-7-16-11-18-12-17(9-10-25)24(30)27-23(18)26-13-16;/h3-8,11,13,17H,9-10,12,14,25H2,1-2H3,(H,26,27,30);1H. The molecule has 1 aromatic carbocycles. The molecule has 1 atom stereocenters. The van der Waals surface area contributed by atoms with Crippen LogP contribution in [0.25, 0.3) is 17.0 Å². The number of aromatic nitrogens is 1. The van der Waals surface area contributed by atoms with Gasteiger partial charge in [-0.1, -0.05) is 18.2 Å². The van der Waals surface area contributed by atoms with Crippen LogP contribution in [0.15, 0.2) is 47.0 Å². The normalized spacial score (nSPS) is 15.3. The number of rotatable bonds is 6. The van der Waals surface area contributed by atoms with Crippen molar-refractivity contribution in [1.29, 1.82) is 0 Å². The molecule has 3 heterocycles. The summed E-state index contributed by atoms with van der Waals surface area (Å²) in [6.45, 7) is 2.86. The van der Waals surface area contributed by atoms with Gasteiger partial charge in [0, 0.05) is 36.2 Å². The number of pyridine rings is 1. The first-order valence-electron chi connectivity index (χ1n) is 10.4. The molecule has 0 saturated heterocycles. The predicted octanol–water partition coefficient (Wildman–Crippen LogP) is 3.69. The van der Waals surface area contributed by atoms with Crippen molar-refractivity contribution in [1.82, 2.24) is 9.88 Å². The first kappa shape index (κ1) is 23.5. The summed E-state index contributed by atoms with van der Waals surface area (Å²) in [4.78, 5) is 30.6. The number of benzene rings is 1. The summed E-state index contributed by atoms with van der Waals surface area (Å²) < 4.78 is 5.91. The molecule has 8 heteroatoms. The number of carbonyl (C=O) groups is 2. The van der Waals surface area contributed by atoms with Gasteiger partial charge in [-0.3, -0.25) is 9.59 Å². The van der Waals surface area contributed by atoms with Gasteiger partial charge in [0.1, 0.15) is 17.2 Å². The third-order valence-corrected chi connectivity index (χ3v) is 5.70. The SMILES string of the molecule is Cc1c(CN(C)C(=O)C=Cc2cnc3c(c2)CC(CCN)C(=O)N3)oc2ccccc12.Cl. The van der Waals surface area contributed by atoms with Crippen molar-refractivity contribution in [2.75, 3.05) is 18.9 Å². The van der Waals surface area contributed by atoms with Gasteiger partial charge in [0.15, 0.2) is 0 Å². The molecule has 2 aromatic heterocycles. The Morgan fingerprint density at radius 2 is 2.16 bits per heavy atom. The van der Waals surface area contributed by atoms with Crippen LogP contribution >= 0.6 is 12.4 Å². The largest absolute Gasteiger partial charge is 0.459 e. The number of nitrogens with two attached hydrogens (primary N) is 1. The first-order chi connectivity index (χ1) is 15.0. The molecule has 0 bridgehead atoms. The number of para-hydroxylation sites is 1. The van der Waals surface area contributed by atoms with Crippen LogP contribution in [0.5, 0.6) is 0 Å². The van der Waals surface area contributed by atoms with E-state index in [1.165, 1.54) is 6.08 Å². The molecule has 168 valence electrons. The first-order valence-corrected chi connectivity index (χ1v) is 10.4. The van der Waals surface area contributed by atoms with Crippen LogP contribution in [0, 0.1) is 12.8 Å². The molecular formula is C24H27ClN4O3.